The van der Waals surface area contributed by atoms with E-state index >= 15 is 0 Å². The zero-order valence-corrected chi connectivity index (χ0v) is 17.4. The Morgan fingerprint density at radius 1 is 1.07 bits per heavy atom. The Balaban J connectivity index is 1.66. The van der Waals surface area contributed by atoms with Gasteiger partial charge in [0.05, 0.1) is 12.3 Å². The summed E-state index contributed by atoms with van der Waals surface area (Å²) in [5.74, 6) is 1.18. The second-order valence-corrected chi connectivity index (χ2v) is 7.50. The number of hydrogen-bond acceptors (Lipinski definition) is 3. The van der Waals surface area contributed by atoms with Crippen LogP contribution in [0.4, 0.5) is 16.2 Å². The molecular formula is C23H31N3O2. The lowest BCUT2D eigenvalue weighted by Gasteiger charge is -2.38. The number of amides is 2. The topological polar surface area (TPSA) is 44.8 Å². The third-order valence-corrected chi connectivity index (χ3v) is 5.20. The molecule has 2 amide bonds. The van der Waals surface area contributed by atoms with Gasteiger partial charge < -0.3 is 19.9 Å². The molecular weight excluding hydrogens is 350 g/mol. The van der Waals surface area contributed by atoms with Crippen LogP contribution in [0.2, 0.25) is 0 Å². The smallest absolute Gasteiger partial charge is 0.322 e. The first-order valence-electron chi connectivity index (χ1n) is 10.1. The van der Waals surface area contributed by atoms with Crippen LogP contribution in [0.25, 0.3) is 0 Å². The van der Waals surface area contributed by atoms with E-state index in [1.165, 1.54) is 16.8 Å². The van der Waals surface area contributed by atoms with Crippen molar-refractivity contribution in [3.05, 3.63) is 53.6 Å². The van der Waals surface area contributed by atoms with Gasteiger partial charge >= 0.3 is 6.03 Å². The minimum Gasteiger partial charge on any atom is -0.492 e. The van der Waals surface area contributed by atoms with E-state index in [4.69, 9.17) is 4.74 Å². The predicted molar refractivity (Wildman–Crippen MR) is 116 cm³/mol. The Morgan fingerprint density at radius 3 is 2.46 bits per heavy atom. The van der Waals surface area contributed by atoms with Gasteiger partial charge in [0.25, 0.3) is 0 Å². The first-order chi connectivity index (χ1) is 13.5. The van der Waals surface area contributed by atoms with Gasteiger partial charge in [-0.3, -0.25) is 0 Å². The average molecular weight is 382 g/mol. The van der Waals surface area contributed by atoms with E-state index in [2.05, 4.69) is 49.2 Å². The van der Waals surface area contributed by atoms with E-state index in [1.54, 1.807) is 0 Å². The van der Waals surface area contributed by atoms with Crippen molar-refractivity contribution in [2.75, 3.05) is 43.0 Å². The quantitative estimate of drug-likeness (QED) is 0.803. The highest BCUT2D eigenvalue weighted by molar-refractivity contribution is 5.91. The van der Waals surface area contributed by atoms with Crippen molar-refractivity contribution in [3.63, 3.8) is 0 Å². The van der Waals surface area contributed by atoms with Crippen molar-refractivity contribution in [3.8, 4) is 5.75 Å². The summed E-state index contributed by atoms with van der Waals surface area (Å²) >= 11 is 0. The number of nitrogens with zero attached hydrogens (tertiary/aromatic N) is 2. The number of ether oxygens (including phenoxy) is 1. The fourth-order valence-electron chi connectivity index (χ4n) is 3.76. The molecule has 0 spiro atoms. The Hall–Kier alpha value is -2.69. The molecule has 0 unspecified atom stereocenters. The van der Waals surface area contributed by atoms with Gasteiger partial charge in [0.1, 0.15) is 5.75 Å². The standard InChI is InChI=1S/C23H31N3O2/c1-5-28-21-12-7-6-11-20(21)24-23(27)26-15-13-25(14-16-26)22-18(4)9-8-10-19(22)17(2)3/h6-12,17H,5,13-16H2,1-4H3,(H,24,27). The van der Waals surface area contributed by atoms with Gasteiger partial charge in [0, 0.05) is 31.9 Å². The summed E-state index contributed by atoms with van der Waals surface area (Å²) in [5.41, 5.74) is 4.73. The molecule has 0 radical (unpaired) electrons. The van der Waals surface area contributed by atoms with Crippen LogP contribution in [0.5, 0.6) is 5.75 Å². The maximum atomic E-state index is 12.8. The monoisotopic (exact) mass is 381 g/mol. The van der Waals surface area contributed by atoms with Gasteiger partial charge in [-0.05, 0) is 43.0 Å². The average Bonchev–Trinajstić information content (AvgIpc) is 2.69. The zero-order chi connectivity index (χ0) is 20.1. The molecule has 5 heteroatoms. The van der Waals surface area contributed by atoms with Crippen LogP contribution in [0, 0.1) is 6.92 Å². The maximum Gasteiger partial charge on any atom is 0.322 e. The SMILES string of the molecule is CCOc1ccccc1NC(=O)N1CCN(c2c(C)cccc2C(C)C)CC1. The Labute approximate surface area is 168 Å². The van der Waals surface area contributed by atoms with E-state index in [1.807, 2.05) is 36.1 Å². The molecule has 1 aliphatic heterocycles. The lowest BCUT2D eigenvalue weighted by Crippen LogP contribution is -2.50. The lowest BCUT2D eigenvalue weighted by atomic mass is 9.97. The van der Waals surface area contributed by atoms with Crippen LogP contribution >= 0.6 is 0 Å². The fourth-order valence-corrected chi connectivity index (χ4v) is 3.76. The molecule has 0 bridgehead atoms. The number of rotatable bonds is 5. The normalized spacial score (nSPS) is 14.3. The van der Waals surface area contributed by atoms with Gasteiger partial charge in [-0.15, -0.1) is 0 Å². The molecule has 2 aromatic rings. The second kappa shape index (κ2) is 9.00. The summed E-state index contributed by atoms with van der Waals surface area (Å²) in [5, 5.41) is 3.00. The van der Waals surface area contributed by atoms with Crippen molar-refractivity contribution in [2.45, 2.75) is 33.6 Å². The molecule has 5 nitrogen and oxygen atoms in total. The zero-order valence-electron chi connectivity index (χ0n) is 17.4. The molecule has 3 rings (SSSR count). The van der Waals surface area contributed by atoms with E-state index in [9.17, 15) is 4.79 Å². The lowest BCUT2D eigenvalue weighted by molar-refractivity contribution is 0.208. The van der Waals surface area contributed by atoms with Crippen molar-refractivity contribution in [1.82, 2.24) is 4.90 Å². The van der Waals surface area contributed by atoms with Crippen LogP contribution in [-0.4, -0.2) is 43.7 Å². The summed E-state index contributed by atoms with van der Waals surface area (Å²) < 4.78 is 5.61. The number of anilines is 2. The highest BCUT2D eigenvalue weighted by atomic mass is 16.5. The van der Waals surface area contributed by atoms with Crippen molar-refractivity contribution >= 4 is 17.4 Å². The third kappa shape index (κ3) is 4.41. The summed E-state index contributed by atoms with van der Waals surface area (Å²) in [6.07, 6.45) is 0. The highest BCUT2D eigenvalue weighted by Crippen LogP contribution is 2.31. The molecule has 1 saturated heterocycles. The van der Waals surface area contributed by atoms with Crippen molar-refractivity contribution in [2.24, 2.45) is 0 Å². The minimum atomic E-state index is -0.0688. The third-order valence-electron chi connectivity index (χ3n) is 5.20. The molecule has 1 fully saturated rings. The second-order valence-electron chi connectivity index (χ2n) is 7.50. The first kappa shape index (κ1) is 20.1. The summed E-state index contributed by atoms with van der Waals surface area (Å²) in [6, 6.07) is 14.0. The molecule has 0 saturated carbocycles. The summed E-state index contributed by atoms with van der Waals surface area (Å²) in [6.45, 7) is 12.2. The largest absolute Gasteiger partial charge is 0.492 e. The van der Waals surface area contributed by atoms with E-state index in [0.717, 1.165) is 18.8 Å². The molecule has 28 heavy (non-hydrogen) atoms. The van der Waals surface area contributed by atoms with E-state index in [0.29, 0.717) is 31.4 Å². The number of para-hydroxylation sites is 3. The maximum absolute atomic E-state index is 12.8. The summed E-state index contributed by atoms with van der Waals surface area (Å²) in [7, 11) is 0. The Bertz CT molecular complexity index is 811. The molecule has 0 aromatic heterocycles. The number of piperazine rings is 1. The number of nitrogens with one attached hydrogen (secondary N) is 1. The number of urea groups is 1. The van der Waals surface area contributed by atoms with E-state index in [-0.39, 0.29) is 6.03 Å². The number of aryl methyl sites for hydroxylation is 1. The van der Waals surface area contributed by atoms with Gasteiger partial charge in [0.15, 0.2) is 0 Å². The number of carbonyl (C=O) groups is 1. The molecule has 2 aromatic carbocycles. The number of hydrogen-bond donors (Lipinski definition) is 1. The van der Waals surface area contributed by atoms with Gasteiger partial charge in [-0.2, -0.15) is 0 Å². The van der Waals surface area contributed by atoms with Gasteiger partial charge in [0.2, 0.25) is 0 Å². The highest BCUT2D eigenvalue weighted by Gasteiger charge is 2.24. The Kier molecular flexibility index (Phi) is 6.45. The molecule has 0 atom stereocenters. The number of benzene rings is 2. The Morgan fingerprint density at radius 2 is 1.79 bits per heavy atom. The van der Waals surface area contributed by atoms with E-state index < -0.39 is 0 Å². The molecule has 1 aliphatic rings. The van der Waals surface area contributed by atoms with Crippen LogP contribution in [0.15, 0.2) is 42.5 Å². The fraction of sp³-hybridized carbons (Fsp3) is 0.435. The van der Waals surface area contributed by atoms with Crippen LogP contribution < -0.4 is 15.0 Å². The number of carbonyl (C=O) groups excluding carboxylic acids is 1. The van der Waals surface area contributed by atoms with Crippen LogP contribution in [0.3, 0.4) is 0 Å². The molecule has 0 aliphatic carbocycles. The molecule has 150 valence electrons. The van der Waals surface area contributed by atoms with Gasteiger partial charge in [-0.1, -0.05) is 44.2 Å². The predicted octanol–water partition coefficient (Wildman–Crippen LogP) is 4.87. The first-order valence-corrected chi connectivity index (χ1v) is 10.1. The van der Waals surface area contributed by atoms with Crippen LogP contribution in [0.1, 0.15) is 37.8 Å². The van der Waals surface area contributed by atoms with Crippen LogP contribution in [-0.2, 0) is 0 Å². The molecule has 1 heterocycles. The minimum absolute atomic E-state index is 0.0688. The van der Waals surface area contributed by atoms with Crippen molar-refractivity contribution < 1.29 is 9.53 Å². The molecule has 1 N–H and O–H groups in total. The van der Waals surface area contributed by atoms with Gasteiger partial charge in [-0.25, -0.2) is 4.79 Å². The summed E-state index contributed by atoms with van der Waals surface area (Å²) in [4.78, 5) is 17.1. The van der Waals surface area contributed by atoms with Crippen molar-refractivity contribution in [1.29, 1.82) is 0 Å².